The number of amides is 2. The number of hydrogen-bond donors (Lipinski definition) is 1. The highest BCUT2D eigenvalue weighted by atomic mass is 35.5. The first kappa shape index (κ1) is 14.7. The number of aryl methyl sites for hydroxylation is 1. The molecule has 0 atom stereocenters. The standard InChI is InChI=1S/C13H14Cl2N4O/c1-18-6-5-16-12(18)8-19(2)13(20)17-9-3-4-10(14)11(15)7-9/h3-7H,8H2,1-2H3,(H,17,20). The largest absolute Gasteiger partial charge is 0.337 e. The summed E-state index contributed by atoms with van der Waals surface area (Å²) >= 11 is 11.7. The number of benzene rings is 1. The molecule has 0 aliphatic heterocycles. The fraction of sp³-hybridized carbons (Fsp3) is 0.231. The van der Waals surface area contributed by atoms with Crippen LogP contribution in [0.1, 0.15) is 5.82 Å². The molecule has 0 bridgehead atoms. The van der Waals surface area contributed by atoms with Crippen molar-refractivity contribution in [3.8, 4) is 0 Å². The summed E-state index contributed by atoms with van der Waals surface area (Å²) in [5, 5.41) is 3.60. The number of aromatic nitrogens is 2. The number of halogens is 2. The van der Waals surface area contributed by atoms with Gasteiger partial charge < -0.3 is 14.8 Å². The summed E-state index contributed by atoms with van der Waals surface area (Å²) in [6, 6.07) is 4.70. The number of nitrogens with one attached hydrogen (secondary N) is 1. The SMILES string of the molecule is CN(Cc1nccn1C)C(=O)Nc1ccc(Cl)c(Cl)c1. The van der Waals surface area contributed by atoms with E-state index in [2.05, 4.69) is 10.3 Å². The molecule has 2 aromatic rings. The third kappa shape index (κ3) is 3.43. The van der Waals surface area contributed by atoms with E-state index in [4.69, 9.17) is 23.2 Å². The van der Waals surface area contributed by atoms with Crippen LogP contribution in [0.4, 0.5) is 10.5 Å². The molecular weight excluding hydrogens is 299 g/mol. The zero-order valence-corrected chi connectivity index (χ0v) is 12.6. The van der Waals surface area contributed by atoms with Crippen LogP contribution in [0.5, 0.6) is 0 Å². The van der Waals surface area contributed by atoms with Crippen LogP contribution < -0.4 is 5.32 Å². The van der Waals surface area contributed by atoms with Crippen molar-refractivity contribution in [2.45, 2.75) is 6.54 Å². The normalized spacial score (nSPS) is 10.4. The van der Waals surface area contributed by atoms with Crippen LogP contribution >= 0.6 is 23.2 Å². The molecule has 0 spiro atoms. The van der Waals surface area contributed by atoms with Crippen LogP contribution in [0.3, 0.4) is 0 Å². The smallest absolute Gasteiger partial charge is 0.321 e. The number of carbonyl (C=O) groups excluding carboxylic acids is 1. The van der Waals surface area contributed by atoms with Gasteiger partial charge in [-0.25, -0.2) is 9.78 Å². The molecule has 1 aromatic carbocycles. The van der Waals surface area contributed by atoms with Gasteiger partial charge >= 0.3 is 6.03 Å². The molecule has 5 nitrogen and oxygen atoms in total. The van der Waals surface area contributed by atoms with E-state index in [1.54, 1.807) is 31.4 Å². The summed E-state index contributed by atoms with van der Waals surface area (Å²) in [4.78, 5) is 17.8. The van der Waals surface area contributed by atoms with Gasteiger partial charge in [-0.15, -0.1) is 0 Å². The second-order valence-corrected chi connectivity index (χ2v) is 5.18. The Kier molecular flexibility index (Phi) is 4.52. The maximum absolute atomic E-state index is 12.0. The van der Waals surface area contributed by atoms with Gasteiger partial charge in [-0.1, -0.05) is 23.2 Å². The predicted molar refractivity (Wildman–Crippen MR) is 80.2 cm³/mol. The monoisotopic (exact) mass is 312 g/mol. The van der Waals surface area contributed by atoms with Crippen LogP contribution in [0, 0.1) is 0 Å². The number of carbonyl (C=O) groups is 1. The Hall–Kier alpha value is -1.72. The molecule has 2 rings (SSSR count). The molecule has 20 heavy (non-hydrogen) atoms. The maximum atomic E-state index is 12.0. The molecule has 106 valence electrons. The lowest BCUT2D eigenvalue weighted by Crippen LogP contribution is -2.31. The summed E-state index contributed by atoms with van der Waals surface area (Å²) in [5.74, 6) is 0.803. The first-order valence-corrected chi connectivity index (χ1v) is 6.66. The van der Waals surface area contributed by atoms with Crippen molar-refractivity contribution < 1.29 is 4.79 Å². The van der Waals surface area contributed by atoms with E-state index in [9.17, 15) is 4.79 Å². The Balaban J connectivity index is 2.00. The van der Waals surface area contributed by atoms with E-state index in [1.165, 1.54) is 4.90 Å². The molecule has 1 aromatic heterocycles. The van der Waals surface area contributed by atoms with Crippen molar-refractivity contribution >= 4 is 34.9 Å². The van der Waals surface area contributed by atoms with Crippen LogP contribution in [0.2, 0.25) is 10.0 Å². The molecule has 0 saturated heterocycles. The molecule has 0 fully saturated rings. The molecular formula is C13H14Cl2N4O. The van der Waals surface area contributed by atoms with Crippen molar-refractivity contribution in [3.05, 3.63) is 46.5 Å². The summed E-state index contributed by atoms with van der Waals surface area (Å²) in [7, 11) is 3.58. The Bertz CT molecular complexity index is 627. The van der Waals surface area contributed by atoms with Gasteiger partial charge in [0.15, 0.2) is 0 Å². The summed E-state index contributed by atoms with van der Waals surface area (Å²) in [5.41, 5.74) is 0.594. The number of anilines is 1. The van der Waals surface area contributed by atoms with Gasteiger partial charge in [0.2, 0.25) is 0 Å². The average Bonchev–Trinajstić information content (AvgIpc) is 2.79. The molecule has 0 unspecified atom stereocenters. The molecule has 0 aliphatic carbocycles. The van der Waals surface area contributed by atoms with E-state index in [1.807, 2.05) is 17.8 Å². The Labute approximate surface area is 127 Å². The highest BCUT2D eigenvalue weighted by Crippen LogP contribution is 2.25. The van der Waals surface area contributed by atoms with Gasteiger partial charge in [0, 0.05) is 32.2 Å². The van der Waals surface area contributed by atoms with Crippen molar-refractivity contribution in [1.82, 2.24) is 14.5 Å². The third-order valence-corrected chi connectivity index (χ3v) is 3.56. The highest BCUT2D eigenvalue weighted by molar-refractivity contribution is 6.42. The molecule has 0 saturated carbocycles. The van der Waals surface area contributed by atoms with Crippen LogP contribution in [-0.4, -0.2) is 27.5 Å². The van der Waals surface area contributed by atoms with E-state index in [-0.39, 0.29) is 6.03 Å². The van der Waals surface area contributed by atoms with Gasteiger partial charge in [0.1, 0.15) is 5.82 Å². The molecule has 0 aliphatic rings. The van der Waals surface area contributed by atoms with E-state index in [0.29, 0.717) is 22.3 Å². The van der Waals surface area contributed by atoms with Crippen molar-refractivity contribution in [3.63, 3.8) is 0 Å². The van der Waals surface area contributed by atoms with E-state index < -0.39 is 0 Å². The van der Waals surface area contributed by atoms with Crippen LogP contribution in [0.15, 0.2) is 30.6 Å². The highest BCUT2D eigenvalue weighted by Gasteiger charge is 2.12. The molecule has 2 amide bonds. The minimum Gasteiger partial charge on any atom is -0.337 e. The van der Waals surface area contributed by atoms with Gasteiger partial charge in [0.05, 0.1) is 16.6 Å². The minimum atomic E-state index is -0.244. The van der Waals surface area contributed by atoms with Crippen LogP contribution in [-0.2, 0) is 13.6 Å². The molecule has 7 heteroatoms. The maximum Gasteiger partial charge on any atom is 0.321 e. The first-order valence-electron chi connectivity index (χ1n) is 5.90. The van der Waals surface area contributed by atoms with Gasteiger partial charge in [-0.05, 0) is 18.2 Å². The third-order valence-electron chi connectivity index (χ3n) is 2.82. The average molecular weight is 313 g/mol. The lowest BCUT2D eigenvalue weighted by atomic mass is 10.3. The second-order valence-electron chi connectivity index (χ2n) is 4.37. The summed E-state index contributed by atoms with van der Waals surface area (Å²) in [6.07, 6.45) is 3.53. The van der Waals surface area contributed by atoms with Crippen LogP contribution in [0.25, 0.3) is 0 Å². The van der Waals surface area contributed by atoms with E-state index >= 15 is 0 Å². The Morgan fingerprint density at radius 3 is 2.75 bits per heavy atom. The molecule has 1 heterocycles. The predicted octanol–water partition coefficient (Wildman–Crippen LogP) is 3.39. The van der Waals surface area contributed by atoms with Gasteiger partial charge in [-0.2, -0.15) is 0 Å². The zero-order chi connectivity index (χ0) is 14.7. The summed E-state index contributed by atoms with van der Waals surface area (Å²) in [6.45, 7) is 0.413. The minimum absolute atomic E-state index is 0.244. The number of imidazole rings is 1. The number of hydrogen-bond acceptors (Lipinski definition) is 2. The Morgan fingerprint density at radius 2 is 2.15 bits per heavy atom. The fourth-order valence-electron chi connectivity index (χ4n) is 1.63. The zero-order valence-electron chi connectivity index (χ0n) is 11.1. The van der Waals surface area contributed by atoms with Crippen molar-refractivity contribution in [2.24, 2.45) is 7.05 Å². The van der Waals surface area contributed by atoms with Gasteiger partial charge in [0.25, 0.3) is 0 Å². The molecule has 0 radical (unpaired) electrons. The Morgan fingerprint density at radius 1 is 1.40 bits per heavy atom. The lowest BCUT2D eigenvalue weighted by Gasteiger charge is -2.17. The second kappa shape index (κ2) is 6.15. The lowest BCUT2D eigenvalue weighted by molar-refractivity contribution is 0.219. The van der Waals surface area contributed by atoms with Crippen molar-refractivity contribution in [1.29, 1.82) is 0 Å². The quantitative estimate of drug-likeness (QED) is 0.944. The topological polar surface area (TPSA) is 50.2 Å². The number of urea groups is 1. The molecule has 1 N–H and O–H groups in total. The van der Waals surface area contributed by atoms with Crippen molar-refractivity contribution in [2.75, 3.05) is 12.4 Å². The summed E-state index contributed by atoms with van der Waals surface area (Å²) < 4.78 is 1.86. The fourth-order valence-corrected chi connectivity index (χ4v) is 1.92. The number of nitrogens with zero attached hydrogens (tertiary/aromatic N) is 3. The first-order chi connectivity index (χ1) is 9.47. The van der Waals surface area contributed by atoms with E-state index in [0.717, 1.165) is 5.82 Å². The van der Waals surface area contributed by atoms with Gasteiger partial charge in [-0.3, -0.25) is 0 Å². The number of rotatable bonds is 3.